The summed E-state index contributed by atoms with van der Waals surface area (Å²) >= 11 is 5.75. The Hall–Kier alpha value is -2.41. The number of alkyl halides is 1. The van der Waals surface area contributed by atoms with E-state index in [1.807, 2.05) is 0 Å². The molecular weight excluding hydrogens is 414 g/mol. The zero-order valence-corrected chi connectivity index (χ0v) is 17.6. The summed E-state index contributed by atoms with van der Waals surface area (Å²) in [6.45, 7) is 1.11. The molecule has 1 fully saturated rings. The number of halogens is 3. The van der Waals surface area contributed by atoms with Crippen LogP contribution in [0.3, 0.4) is 0 Å². The number of ether oxygens (including phenoxy) is 2. The van der Waals surface area contributed by atoms with Gasteiger partial charge in [0, 0.05) is 30.8 Å². The van der Waals surface area contributed by atoms with Crippen LogP contribution in [0, 0.1) is 5.82 Å². The molecule has 30 heavy (non-hydrogen) atoms. The van der Waals surface area contributed by atoms with Gasteiger partial charge in [0.2, 0.25) is 11.8 Å². The fourth-order valence-electron chi connectivity index (χ4n) is 3.48. The number of rotatable bonds is 8. The summed E-state index contributed by atoms with van der Waals surface area (Å²) in [5, 5.41) is -0.0935. The average Bonchev–Trinajstić information content (AvgIpc) is 2.75. The highest BCUT2D eigenvalue weighted by Crippen LogP contribution is 2.32. The molecule has 0 radical (unpaired) electrons. The molecule has 2 heterocycles. The Morgan fingerprint density at radius 1 is 1.20 bits per heavy atom. The zero-order chi connectivity index (χ0) is 21.6. The van der Waals surface area contributed by atoms with Crippen LogP contribution in [0.2, 0.25) is 5.02 Å². The second-order valence-electron chi connectivity index (χ2n) is 7.40. The third-order valence-corrected chi connectivity index (χ3v) is 5.58. The number of benzene rings is 1. The number of piperidine rings is 1. The first-order valence-corrected chi connectivity index (χ1v) is 10.4. The first-order chi connectivity index (χ1) is 14.4. The minimum Gasteiger partial charge on any atom is -0.481 e. The number of amides is 1. The van der Waals surface area contributed by atoms with Crippen LogP contribution in [0.4, 0.5) is 8.78 Å². The molecule has 0 N–H and O–H groups in total. The predicted molar refractivity (Wildman–Crippen MR) is 111 cm³/mol. The van der Waals surface area contributed by atoms with Gasteiger partial charge in [-0.05, 0) is 50.3 Å². The van der Waals surface area contributed by atoms with E-state index in [2.05, 4.69) is 4.98 Å². The van der Waals surface area contributed by atoms with E-state index in [0.717, 1.165) is 0 Å². The second-order valence-corrected chi connectivity index (χ2v) is 7.80. The fourth-order valence-corrected chi connectivity index (χ4v) is 3.66. The molecule has 1 saturated heterocycles. The van der Waals surface area contributed by atoms with Crippen LogP contribution in [-0.4, -0.2) is 48.3 Å². The number of carbonyl (C=O) groups excluding carboxylic acids is 1. The molecule has 1 amide bonds. The van der Waals surface area contributed by atoms with E-state index >= 15 is 4.39 Å². The number of hydrogen-bond acceptors (Lipinski definition) is 4. The molecule has 1 aromatic heterocycles. The van der Waals surface area contributed by atoms with Crippen molar-refractivity contribution in [3.63, 3.8) is 0 Å². The number of pyridine rings is 1. The van der Waals surface area contributed by atoms with Crippen LogP contribution in [0.25, 0.3) is 0 Å². The molecule has 2 aromatic rings. The first-order valence-electron chi connectivity index (χ1n) is 9.97. The Bertz CT molecular complexity index is 873. The lowest BCUT2D eigenvalue weighted by Gasteiger charge is -2.36. The van der Waals surface area contributed by atoms with E-state index in [1.165, 1.54) is 18.2 Å². The van der Waals surface area contributed by atoms with Gasteiger partial charge >= 0.3 is 0 Å². The number of hydrogen-bond donors (Lipinski definition) is 0. The lowest BCUT2D eigenvalue weighted by atomic mass is 9.88. The summed E-state index contributed by atoms with van der Waals surface area (Å²) in [5.41, 5.74) is -0.970. The summed E-state index contributed by atoms with van der Waals surface area (Å²) < 4.78 is 39.0. The van der Waals surface area contributed by atoms with Crippen molar-refractivity contribution in [2.75, 3.05) is 26.8 Å². The molecule has 0 aliphatic carbocycles. The van der Waals surface area contributed by atoms with Crippen molar-refractivity contribution in [1.29, 1.82) is 0 Å². The molecule has 1 aliphatic heterocycles. The molecule has 5 nitrogen and oxygen atoms in total. The maximum atomic E-state index is 15.1. The molecule has 1 aromatic carbocycles. The largest absolute Gasteiger partial charge is 0.481 e. The monoisotopic (exact) mass is 438 g/mol. The van der Waals surface area contributed by atoms with Crippen molar-refractivity contribution >= 4 is 17.5 Å². The van der Waals surface area contributed by atoms with Crippen molar-refractivity contribution in [2.45, 2.75) is 37.8 Å². The number of aromatic nitrogens is 1. The molecule has 0 atom stereocenters. The van der Waals surface area contributed by atoms with E-state index < -0.39 is 11.5 Å². The second kappa shape index (κ2) is 10.1. The van der Waals surface area contributed by atoms with E-state index in [1.54, 1.807) is 30.2 Å². The minimum absolute atomic E-state index is 0.0935. The van der Waals surface area contributed by atoms with Gasteiger partial charge in [-0.3, -0.25) is 4.79 Å². The van der Waals surface area contributed by atoms with Gasteiger partial charge in [0.25, 0.3) is 5.91 Å². The Balaban J connectivity index is 1.40. The van der Waals surface area contributed by atoms with Gasteiger partial charge in [-0.2, -0.15) is 4.98 Å². The number of likely N-dealkylation sites (tertiary alicyclic amines) is 1. The lowest BCUT2D eigenvalue weighted by Crippen LogP contribution is -2.44. The van der Waals surface area contributed by atoms with Gasteiger partial charge in [-0.15, -0.1) is 0 Å². The molecular formula is C22H25ClF2N2O3. The molecule has 0 spiro atoms. The Morgan fingerprint density at radius 3 is 2.63 bits per heavy atom. The summed E-state index contributed by atoms with van der Waals surface area (Å²) in [6.07, 6.45) is 2.38. The Morgan fingerprint density at radius 2 is 1.93 bits per heavy atom. The Kier molecular flexibility index (Phi) is 7.48. The average molecular weight is 439 g/mol. The van der Waals surface area contributed by atoms with Crippen LogP contribution in [0.15, 0.2) is 36.4 Å². The molecule has 1 aliphatic rings. The molecule has 162 valence electrons. The SMILES string of the molecule is COc1cccc(OCCCCC2(F)CCN(C(=O)c3ccc(F)c(Cl)c3)CC2)n1. The predicted octanol–water partition coefficient (Wildman–Crippen LogP) is 5.08. The van der Waals surface area contributed by atoms with Crippen LogP contribution in [0.5, 0.6) is 11.8 Å². The fraction of sp³-hybridized carbons (Fsp3) is 0.455. The van der Waals surface area contributed by atoms with Crippen LogP contribution >= 0.6 is 11.6 Å². The number of unbranched alkanes of at least 4 members (excludes halogenated alkanes) is 1. The topological polar surface area (TPSA) is 51.7 Å². The van der Waals surface area contributed by atoms with Crippen LogP contribution < -0.4 is 9.47 Å². The summed E-state index contributed by atoms with van der Waals surface area (Å²) in [4.78, 5) is 18.3. The van der Waals surface area contributed by atoms with Crippen LogP contribution in [0.1, 0.15) is 42.5 Å². The van der Waals surface area contributed by atoms with E-state index in [0.29, 0.717) is 56.3 Å². The Labute approximate surface area is 179 Å². The van der Waals surface area contributed by atoms with Crippen molar-refractivity contribution in [3.05, 3.63) is 52.8 Å². The third kappa shape index (κ3) is 5.81. The van der Waals surface area contributed by atoms with E-state index in [4.69, 9.17) is 21.1 Å². The quantitative estimate of drug-likeness (QED) is 0.539. The molecule has 0 unspecified atom stereocenters. The minimum atomic E-state index is -1.29. The summed E-state index contributed by atoms with van der Waals surface area (Å²) in [6, 6.07) is 9.17. The highest BCUT2D eigenvalue weighted by atomic mass is 35.5. The van der Waals surface area contributed by atoms with Gasteiger partial charge < -0.3 is 14.4 Å². The first kappa shape index (κ1) is 22.3. The van der Waals surface area contributed by atoms with E-state index in [9.17, 15) is 9.18 Å². The highest BCUT2D eigenvalue weighted by Gasteiger charge is 2.35. The zero-order valence-electron chi connectivity index (χ0n) is 16.9. The van der Waals surface area contributed by atoms with Crippen molar-refractivity contribution in [1.82, 2.24) is 9.88 Å². The van der Waals surface area contributed by atoms with Gasteiger partial charge in [-0.25, -0.2) is 8.78 Å². The lowest BCUT2D eigenvalue weighted by molar-refractivity contribution is 0.0382. The maximum absolute atomic E-state index is 15.1. The third-order valence-electron chi connectivity index (χ3n) is 5.29. The van der Waals surface area contributed by atoms with Gasteiger partial charge in [0.05, 0.1) is 18.7 Å². The smallest absolute Gasteiger partial charge is 0.253 e. The van der Waals surface area contributed by atoms with Crippen molar-refractivity contribution in [3.8, 4) is 11.8 Å². The molecule has 3 rings (SSSR count). The van der Waals surface area contributed by atoms with Gasteiger partial charge in [0.1, 0.15) is 11.5 Å². The maximum Gasteiger partial charge on any atom is 0.253 e. The molecule has 8 heteroatoms. The van der Waals surface area contributed by atoms with Crippen LogP contribution in [-0.2, 0) is 0 Å². The van der Waals surface area contributed by atoms with Gasteiger partial charge in [-0.1, -0.05) is 17.7 Å². The summed E-state index contributed by atoms with van der Waals surface area (Å²) in [7, 11) is 1.54. The van der Waals surface area contributed by atoms with E-state index in [-0.39, 0.29) is 23.8 Å². The standard InChI is InChI=1S/C22H25ClF2N2O3/c1-29-19-5-4-6-20(26-19)30-14-3-2-9-22(25)10-12-27(13-11-22)21(28)16-7-8-18(24)17(23)15-16/h4-8,15H,2-3,9-14H2,1H3. The van der Waals surface area contributed by atoms with Gasteiger partial charge in [0.15, 0.2) is 0 Å². The number of nitrogens with zero attached hydrogens (tertiary/aromatic N) is 2. The normalized spacial score (nSPS) is 15.7. The molecule has 0 bridgehead atoms. The van der Waals surface area contributed by atoms with Crippen molar-refractivity contribution < 1.29 is 23.0 Å². The molecule has 0 saturated carbocycles. The number of methoxy groups -OCH3 is 1. The summed E-state index contributed by atoms with van der Waals surface area (Å²) in [5.74, 6) is 0.149. The number of carbonyl (C=O) groups is 1. The highest BCUT2D eigenvalue weighted by molar-refractivity contribution is 6.31. The van der Waals surface area contributed by atoms with Crippen molar-refractivity contribution in [2.24, 2.45) is 0 Å².